The van der Waals surface area contributed by atoms with Crippen LogP contribution in [0.3, 0.4) is 0 Å². The molecule has 0 heterocycles. The highest BCUT2D eigenvalue weighted by molar-refractivity contribution is 9.10. The van der Waals surface area contributed by atoms with Crippen LogP contribution in [-0.2, 0) is 0 Å². The molecule has 17 heavy (non-hydrogen) atoms. The largest absolute Gasteiger partial charge is 0.352 e. The average Bonchev–Trinajstić information content (AvgIpc) is 2.28. The monoisotopic (exact) mass is 319 g/mol. The molecular weight excluding hydrogens is 305 g/mol. The van der Waals surface area contributed by atoms with E-state index in [9.17, 15) is 9.18 Å². The van der Waals surface area contributed by atoms with Gasteiger partial charge in [-0.3, -0.25) is 4.79 Å². The Kier molecular flexibility index (Phi) is 6.58. The summed E-state index contributed by atoms with van der Waals surface area (Å²) in [6, 6.07) is 4.51. The van der Waals surface area contributed by atoms with Crippen molar-refractivity contribution in [2.75, 3.05) is 18.1 Å². The zero-order valence-corrected chi connectivity index (χ0v) is 12.0. The number of hydrogen-bond donors (Lipinski definition) is 1. The van der Waals surface area contributed by atoms with Gasteiger partial charge in [-0.05, 0) is 46.0 Å². The van der Waals surface area contributed by atoms with Gasteiger partial charge in [-0.15, -0.1) is 0 Å². The summed E-state index contributed by atoms with van der Waals surface area (Å²) in [6.07, 6.45) is 0.899. The van der Waals surface area contributed by atoms with Gasteiger partial charge in [0.1, 0.15) is 5.82 Å². The van der Waals surface area contributed by atoms with E-state index >= 15 is 0 Å². The average molecular weight is 320 g/mol. The first kappa shape index (κ1) is 14.5. The van der Waals surface area contributed by atoms with Crippen molar-refractivity contribution in [2.45, 2.75) is 13.3 Å². The van der Waals surface area contributed by atoms with Gasteiger partial charge in [-0.25, -0.2) is 4.39 Å². The molecule has 0 aromatic heterocycles. The standard InChI is InChI=1S/C12H15BrFNOS/c1-2-17-8-4-7-15-12(16)11-9(13)5-3-6-10(11)14/h3,5-6H,2,4,7-8H2,1H3,(H,15,16). The molecule has 0 fully saturated rings. The number of amides is 1. The molecule has 2 nitrogen and oxygen atoms in total. The molecule has 0 aliphatic carbocycles. The lowest BCUT2D eigenvalue weighted by Gasteiger charge is -2.07. The van der Waals surface area contributed by atoms with Crippen molar-refractivity contribution >= 4 is 33.6 Å². The van der Waals surface area contributed by atoms with Crippen LogP contribution >= 0.6 is 27.7 Å². The summed E-state index contributed by atoms with van der Waals surface area (Å²) in [6.45, 7) is 2.67. The molecule has 0 unspecified atom stereocenters. The Morgan fingerprint density at radius 1 is 1.53 bits per heavy atom. The molecule has 94 valence electrons. The van der Waals surface area contributed by atoms with Crippen LogP contribution in [0.15, 0.2) is 22.7 Å². The lowest BCUT2D eigenvalue weighted by molar-refractivity contribution is 0.0949. The van der Waals surface area contributed by atoms with E-state index in [4.69, 9.17) is 0 Å². The van der Waals surface area contributed by atoms with Crippen molar-refractivity contribution in [3.05, 3.63) is 34.1 Å². The Bertz CT molecular complexity index is 367. The molecule has 0 radical (unpaired) electrons. The minimum absolute atomic E-state index is 0.0793. The van der Waals surface area contributed by atoms with E-state index in [2.05, 4.69) is 28.2 Å². The summed E-state index contributed by atoms with van der Waals surface area (Å²) in [4.78, 5) is 11.7. The van der Waals surface area contributed by atoms with Gasteiger partial charge < -0.3 is 5.32 Å². The number of halogens is 2. The molecule has 0 aliphatic heterocycles. The molecule has 0 saturated carbocycles. The van der Waals surface area contributed by atoms with E-state index in [-0.39, 0.29) is 11.5 Å². The lowest BCUT2D eigenvalue weighted by Crippen LogP contribution is -2.26. The fourth-order valence-electron chi connectivity index (χ4n) is 1.32. The smallest absolute Gasteiger partial charge is 0.255 e. The van der Waals surface area contributed by atoms with E-state index in [1.54, 1.807) is 12.1 Å². The van der Waals surface area contributed by atoms with Crippen LogP contribution < -0.4 is 5.32 Å². The third kappa shape index (κ3) is 4.68. The van der Waals surface area contributed by atoms with Crippen LogP contribution in [0.25, 0.3) is 0 Å². The molecule has 1 rings (SSSR count). The minimum atomic E-state index is -0.500. The Hall–Kier alpha value is -0.550. The topological polar surface area (TPSA) is 29.1 Å². The molecule has 0 atom stereocenters. The fourth-order valence-corrected chi connectivity index (χ4v) is 2.48. The quantitative estimate of drug-likeness (QED) is 0.813. The number of thioether (sulfide) groups is 1. The zero-order valence-electron chi connectivity index (χ0n) is 9.63. The zero-order chi connectivity index (χ0) is 12.7. The van der Waals surface area contributed by atoms with Gasteiger partial charge in [0.15, 0.2) is 0 Å². The van der Waals surface area contributed by atoms with Crippen LogP contribution in [0.1, 0.15) is 23.7 Å². The molecule has 0 saturated heterocycles. The predicted octanol–water partition coefficient (Wildman–Crippen LogP) is 3.46. The van der Waals surface area contributed by atoms with Crippen molar-refractivity contribution < 1.29 is 9.18 Å². The van der Waals surface area contributed by atoms with Crippen molar-refractivity contribution in [3.63, 3.8) is 0 Å². The first-order valence-electron chi connectivity index (χ1n) is 5.46. The highest BCUT2D eigenvalue weighted by Gasteiger charge is 2.14. The second-order valence-electron chi connectivity index (χ2n) is 3.40. The van der Waals surface area contributed by atoms with Crippen molar-refractivity contribution in [3.8, 4) is 0 Å². The highest BCUT2D eigenvalue weighted by Crippen LogP contribution is 2.19. The third-order valence-electron chi connectivity index (χ3n) is 2.14. The first-order chi connectivity index (χ1) is 8.16. The second kappa shape index (κ2) is 7.71. The SMILES string of the molecule is CCSCCCNC(=O)c1c(F)cccc1Br. The number of nitrogens with one attached hydrogen (secondary N) is 1. The Labute approximate surface area is 113 Å². The molecule has 1 aromatic carbocycles. The Balaban J connectivity index is 2.47. The van der Waals surface area contributed by atoms with Gasteiger partial charge >= 0.3 is 0 Å². The number of rotatable bonds is 6. The van der Waals surface area contributed by atoms with E-state index in [0.717, 1.165) is 17.9 Å². The van der Waals surface area contributed by atoms with Gasteiger partial charge in [-0.2, -0.15) is 11.8 Å². The normalized spacial score (nSPS) is 10.3. The summed E-state index contributed by atoms with van der Waals surface area (Å²) in [7, 11) is 0. The van der Waals surface area contributed by atoms with E-state index < -0.39 is 5.82 Å². The predicted molar refractivity (Wildman–Crippen MR) is 74.0 cm³/mol. The van der Waals surface area contributed by atoms with E-state index in [1.165, 1.54) is 6.07 Å². The Morgan fingerprint density at radius 3 is 2.94 bits per heavy atom. The van der Waals surface area contributed by atoms with Crippen molar-refractivity contribution in [1.82, 2.24) is 5.32 Å². The maximum absolute atomic E-state index is 13.4. The molecule has 0 aliphatic rings. The summed E-state index contributed by atoms with van der Waals surface area (Å²) in [5.74, 6) is 1.22. The summed E-state index contributed by atoms with van der Waals surface area (Å²) >= 11 is 5.00. The maximum atomic E-state index is 13.4. The van der Waals surface area contributed by atoms with E-state index in [1.807, 2.05) is 11.8 Å². The fraction of sp³-hybridized carbons (Fsp3) is 0.417. The van der Waals surface area contributed by atoms with Gasteiger partial charge in [0.25, 0.3) is 5.91 Å². The van der Waals surface area contributed by atoms with Crippen LogP contribution in [0, 0.1) is 5.82 Å². The molecule has 0 spiro atoms. The van der Waals surface area contributed by atoms with Crippen molar-refractivity contribution in [1.29, 1.82) is 0 Å². The highest BCUT2D eigenvalue weighted by atomic mass is 79.9. The molecule has 0 bridgehead atoms. The number of carbonyl (C=O) groups is 1. The van der Waals surface area contributed by atoms with Crippen LogP contribution in [0.5, 0.6) is 0 Å². The van der Waals surface area contributed by atoms with Crippen LogP contribution in [0.4, 0.5) is 4.39 Å². The molecule has 1 N–H and O–H groups in total. The first-order valence-corrected chi connectivity index (χ1v) is 7.41. The summed E-state index contributed by atoms with van der Waals surface area (Å²) in [5, 5.41) is 2.72. The van der Waals surface area contributed by atoms with Crippen LogP contribution in [0.2, 0.25) is 0 Å². The molecule has 1 amide bonds. The van der Waals surface area contributed by atoms with Gasteiger partial charge in [0.05, 0.1) is 5.56 Å². The number of hydrogen-bond acceptors (Lipinski definition) is 2. The van der Waals surface area contributed by atoms with Gasteiger partial charge in [0.2, 0.25) is 0 Å². The Morgan fingerprint density at radius 2 is 2.29 bits per heavy atom. The third-order valence-corrected chi connectivity index (χ3v) is 3.79. The van der Waals surface area contributed by atoms with Crippen LogP contribution in [-0.4, -0.2) is 24.0 Å². The maximum Gasteiger partial charge on any atom is 0.255 e. The number of carbonyl (C=O) groups excluding carboxylic acids is 1. The minimum Gasteiger partial charge on any atom is -0.352 e. The summed E-state index contributed by atoms with van der Waals surface area (Å²) in [5.41, 5.74) is 0.0793. The second-order valence-corrected chi connectivity index (χ2v) is 5.65. The van der Waals surface area contributed by atoms with Gasteiger partial charge in [0, 0.05) is 11.0 Å². The van der Waals surface area contributed by atoms with Crippen molar-refractivity contribution in [2.24, 2.45) is 0 Å². The number of benzene rings is 1. The molecule has 5 heteroatoms. The summed E-state index contributed by atoms with van der Waals surface area (Å²) < 4.78 is 13.9. The molecular formula is C12H15BrFNOS. The van der Waals surface area contributed by atoms with Gasteiger partial charge in [-0.1, -0.05) is 13.0 Å². The van der Waals surface area contributed by atoms with E-state index in [0.29, 0.717) is 11.0 Å². The molecule has 1 aromatic rings. The lowest BCUT2D eigenvalue weighted by atomic mass is 10.2.